The highest BCUT2D eigenvalue weighted by Gasteiger charge is 2.14. The minimum absolute atomic E-state index is 0.350. The molecule has 4 nitrogen and oxygen atoms in total. The lowest BCUT2D eigenvalue weighted by molar-refractivity contribution is 0.500. The molecule has 5 heteroatoms. The van der Waals surface area contributed by atoms with Gasteiger partial charge in [-0.3, -0.25) is 0 Å². The van der Waals surface area contributed by atoms with Crippen LogP contribution in [0.15, 0.2) is 10.6 Å². The summed E-state index contributed by atoms with van der Waals surface area (Å²) in [6.45, 7) is 3.80. The molecule has 0 aromatic carbocycles. The second-order valence-electron chi connectivity index (χ2n) is 2.68. The van der Waals surface area contributed by atoms with E-state index < -0.39 is 0 Å². The quantitative estimate of drug-likeness (QED) is 0.704. The zero-order chi connectivity index (χ0) is 8.39. The lowest BCUT2D eigenvalue weighted by Gasteiger charge is -2.25. The number of hydrogen-bond donors (Lipinski definition) is 1. The van der Waals surface area contributed by atoms with Gasteiger partial charge in [-0.15, -0.1) is 0 Å². The molecule has 1 N–H and O–H groups in total. The van der Waals surface area contributed by atoms with Gasteiger partial charge in [0, 0.05) is 26.2 Å². The SMILES string of the molecule is Clc1cnc(N2CCNCC2)o1. The highest BCUT2D eigenvalue weighted by atomic mass is 35.5. The van der Waals surface area contributed by atoms with E-state index in [1.807, 2.05) is 0 Å². The van der Waals surface area contributed by atoms with Crippen LogP contribution >= 0.6 is 11.6 Å². The first-order valence-corrected chi connectivity index (χ1v) is 4.31. The monoisotopic (exact) mass is 187 g/mol. The van der Waals surface area contributed by atoms with Crippen LogP contribution in [-0.2, 0) is 0 Å². The first-order valence-electron chi connectivity index (χ1n) is 3.93. The first-order chi connectivity index (χ1) is 5.86. The maximum atomic E-state index is 5.61. The fraction of sp³-hybridized carbons (Fsp3) is 0.571. The molecule has 0 radical (unpaired) electrons. The standard InChI is InChI=1S/C7H10ClN3O/c8-6-5-10-7(12-6)11-3-1-9-2-4-11/h5,9H,1-4H2. The summed E-state index contributed by atoms with van der Waals surface area (Å²) in [6, 6.07) is 0.626. The molecule has 0 spiro atoms. The highest BCUT2D eigenvalue weighted by molar-refractivity contribution is 6.28. The second-order valence-corrected chi connectivity index (χ2v) is 3.06. The number of nitrogens with zero attached hydrogens (tertiary/aromatic N) is 2. The molecule has 2 rings (SSSR count). The van der Waals surface area contributed by atoms with Crippen molar-refractivity contribution in [1.82, 2.24) is 10.3 Å². The third-order valence-corrected chi connectivity index (χ3v) is 2.03. The third-order valence-electron chi connectivity index (χ3n) is 1.85. The van der Waals surface area contributed by atoms with Gasteiger partial charge in [0.25, 0.3) is 6.01 Å². The lowest BCUT2D eigenvalue weighted by Crippen LogP contribution is -2.43. The van der Waals surface area contributed by atoms with Gasteiger partial charge >= 0.3 is 0 Å². The summed E-state index contributed by atoms with van der Waals surface area (Å²) in [7, 11) is 0. The van der Waals surface area contributed by atoms with Crippen molar-refractivity contribution in [3.05, 3.63) is 11.4 Å². The molecule has 1 fully saturated rings. The van der Waals surface area contributed by atoms with Gasteiger partial charge in [-0.25, -0.2) is 4.98 Å². The van der Waals surface area contributed by atoms with Gasteiger partial charge in [0.2, 0.25) is 5.22 Å². The normalized spacial score (nSPS) is 18.2. The van der Waals surface area contributed by atoms with E-state index in [4.69, 9.17) is 16.0 Å². The van der Waals surface area contributed by atoms with E-state index in [1.165, 1.54) is 6.20 Å². The van der Waals surface area contributed by atoms with E-state index in [2.05, 4.69) is 15.2 Å². The molecule has 0 saturated carbocycles. The zero-order valence-corrected chi connectivity index (χ0v) is 7.34. The Morgan fingerprint density at radius 3 is 2.83 bits per heavy atom. The van der Waals surface area contributed by atoms with E-state index in [1.54, 1.807) is 0 Å². The van der Waals surface area contributed by atoms with Gasteiger partial charge in [-0.2, -0.15) is 0 Å². The average molecular weight is 188 g/mol. The molecular weight excluding hydrogens is 178 g/mol. The number of halogens is 1. The topological polar surface area (TPSA) is 41.3 Å². The minimum atomic E-state index is 0.350. The molecule has 66 valence electrons. The maximum Gasteiger partial charge on any atom is 0.298 e. The Kier molecular flexibility index (Phi) is 2.19. The Morgan fingerprint density at radius 1 is 1.50 bits per heavy atom. The van der Waals surface area contributed by atoms with Gasteiger partial charge in [-0.1, -0.05) is 0 Å². The largest absolute Gasteiger partial charge is 0.412 e. The summed E-state index contributed by atoms with van der Waals surface area (Å²) < 4.78 is 5.18. The molecule has 0 bridgehead atoms. The molecule has 1 aromatic heterocycles. The molecule has 0 unspecified atom stereocenters. The third kappa shape index (κ3) is 1.54. The number of anilines is 1. The maximum absolute atomic E-state index is 5.61. The van der Waals surface area contributed by atoms with Crippen molar-refractivity contribution >= 4 is 17.6 Å². The van der Waals surface area contributed by atoms with E-state index >= 15 is 0 Å². The predicted octanol–water partition coefficient (Wildman–Crippen LogP) is 0.738. The van der Waals surface area contributed by atoms with Crippen LogP contribution in [0.3, 0.4) is 0 Å². The van der Waals surface area contributed by atoms with Crippen LogP contribution in [0.25, 0.3) is 0 Å². The van der Waals surface area contributed by atoms with Crippen molar-refractivity contribution in [2.45, 2.75) is 0 Å². The second kappa shape index (κ2) is 3.33. The number of rotatable bonds is 1. The van der Waals surface area contributed by atoms with Crippen LogP contribution in [0.4, 0.5) is 6.01 Å². The van der Waals surface area contributed by atoms with Crippen molar-refractivity contribution in [3.63, 3.8) is 0 Å². The summed E-state index contributed by atoms with van der Waals surface area (Å²) in [5.74, 6) is 0. The van der Waals surface area contributed by atoms with Gasteiger partial charge in [-0.05, 0) is 11.6 Å². The van der Waals surface area contributed by atoms with Crippen molar-refractivity contribution in [2.24, 2.45) is 0 Å². The fourth-order valence-corrected chi connectivity index (χ4v) is 1.37. The van der Waals surface area contributed by atoms with Crippen LogP contribution in [0.2, 0.25) is 5.22 Å². The number of oxazole rings is 1. The van der Waals surface area contributed by atoms with Crippen LogP contribution in [0, 0.1) is 0 Å². The van der Waals surface area contributed by atoms with E-state index in [-0.39, 0.29) is 0 Å². The first kappa shape index (κ1) is 7.89. The molecule has 0 aliphatic carbocycles. The summed E-state index contributed by atoms with van der Waals surface area (Å²) in [5, 5.41) is 3.60. The summed E-state index contributed by atoms with van der Waals surface area (Å²) in [4.78, 5) is 6.11. The van der Waals surface area contributed by atoms with Gasteiger partial charge < -0.3 is 14.6 Å². The molecule has 2 heterocycles. The molecule has 0 amide bonds. The van der Waals surface area contributed by atoms with E-state index in [0.717, 1.165) is 26.2 Å². The Balaban J connectivity index is 2.08. The highest BCUT2D eigenvalue weighted by Crippen LogP contribution is 2.17. The summed E-state index contributed by atoms with van der Waals surface area (Å²) >= 11 is 5.61. The van der Waals surface area contributed by atoms with Crippen molar-refractivity contribution in [3.8, 4) is 0 Å². The molecule has 12 heavy (non-hydrogen) atoms. The van der Waals surface area contributed by atoms with Gasteiger partial charge in [0.05, 0.1) is 6.20 Å². The van der Waals surface area contributed by atoms with E-state index in [0.29, 0.717) is 11.2 Å². The van der Waals surface area contributed by atoms with E-state index in [9.17, 15) is 0 Å². The Bertz CT molecular complexity index is 257. The van der Waals surface area contributed by atoms with Crippen LogP contribution in [0.5, 0.6) is 0 Å². The molecule has 1 aliphatic heterocycles. The molecule has 1 saturated heterocycles. The van der Waals surface area contributed by atoms with Crippen LogP contribution < -0.4 is 10.2 Å². The summed E-state index contributed by atoms with van der Waals surface area (Å²) in [5.41, 5.74) is 0. The average Bonchev–Trinajstić information content (AvgIpc) is 2.54. The number of aromatic nitrogens is 1. The summed E-state index contributed by atoms with van der Waals surface area (Å²) in [6.07, 6.45) is 1.53. The molecule has 1 aromatic rings. The number of piperazine rings is 1. The lowest BCUT2D eigenvalue weighted by atomic mass is 10.4. The Labute approximate surface area is 75.5 Å². The Morgan fingerprint density at radius 2 is 2.25 bits per heavy atom. The van der Waals surface area contributed by atoms with Crippen molar-refractivity contribution in [2.75, 3.05) is 31.1 Å². The number of hydrogen-bond acceptors (Lipinski definition) is 4. The smallest absolute Gasteiger partial charge is 0.298 e. The molecular formula is C7H10ClN3O. The molecule has 1 aliphatic rings. The molecule has 0 atom stereocenters. The van der Waals surface area contributed by atoms with Crippen molar-refractivity contribution in [1.29, 1.82) is 0 Å². The number of nitrogens with one attached hydrogen (secondary N) is 1. The Hall–Kier alpha value is -0.740. The van der Waals surface area contributed by atoms with Gasteiger partial charge in [0.15, 0.2) is 0 Å². The predicted molar refractivity (Wildman–Crippen MR) is 46.6 cm³/mol. The zero-order valence-electron chi connectivity index (χ0n) is 6.59. The van der Waals surface area contributed by atoms with Crippen LogP contribution in [-0.4, -0.2) is 31.2 Å². The minimum Gasteiger partial charge on any atom is -0.412 e. The van der Waals surface area contributed by atoms with Gasteiger partial charge in [0.1, 0.15) is 0 Å². The van der Waals surface area contributed by atoms with Crippen LogP contribution in [0.1, 0.15) is 0 Å². The van der Waals surface area contributed by atoms with Crippen molar-refractivity contribution < 1.29 is 4.42 Å². The fourth-order valence-electron chi connectivity index (χ4n) is 1.25.